The molecule has 2 amide bonds. The van der Waals surface area contributed by atoms with Crippen LogP contribution in [0.2, 0.25) is 0 Å². The molecule has 1 fully saturated rings. The molecule has 138 valence electrons. The summed E-state index contributed by atoms with van der Waals surface area (Å²) in [5.41, 5.74) is 1.41. The summed E-state index contributed by atoms with van der Waals surface area (Å²) in [5, 5.41) is 7.01. The number of rotatable bonds is 6. The van der Waals surface area contributed by atoms with E-state index in [0.717, 1.165) is 12.1 Å². The van der Waals surface area contributed by atoms with Gasteiger partial charge in [0.15, 0.2) is 0 Å². The predicted octanol–water partition coefficient (Wildman–Crippen LogP) is 1.74. The van der Waals surface area contributed by atoms with Crippen molar-refractivity contribution in [2.45, 2.75) is 32.4 Å². The largest absolute Gasteiger partial charge is 0.493 e. The van der Waals surface area contributed by atoms with E-state index in [2.05, 4.69) is 10.4 Å². The summed E-state index contributed by atoms with van der Waals surface area (Å²) in [6.45, 7) is 3.33. The summed E-state index contributed by atoms with van der Waals surface area (Å²) in [6.07, 6.45) is 3.17. The third-order valence-corrected chi connectivity index (χ3v) is 4.60. The number of para-hydroxylation sites is 1. The van der Waals surface area contributed by atoms with Gasteiger partial charge in [-0.25, -0.2) is 0 Å². The standard InChI is InChI=1S/C19H24N4O3/c1-3-26-17-9-5-4-7-15(17)19(25)23-12-6-8-16(23)18(24)20-13-14-10-11-21-22(14)2/h4-5,7,9-11,16H,3,6,8,12-13H2,1-2H3,(H,20,24). The van der Waals surface area contributed by atoms with Crippen LogP contribution in [0.3, 0.4) is 0 Å². The molecule has 0 radical (unpaired) electrons. The van der Waals surface area contributed by atoms with Crippen LogP contribution >= 0.6 is 0 Å². The molecule has 7 heteroatoms. The monoisotopic (exact) mass is 356 g/mol. The van der Waals surface area contributed by atoms with Crippen molar-refractivity contribution < 1.29 is 14.3 Å². The topological polar surface area (TPSA) is 76.5 Å². The molecule has 26 heavy (non-hydrogen) atoms. The highest BCUT2D eigenvalue weighted by Gasteiger charge is 2.35. The van der Waals surface area contributed by atoms with Crippen LogP contribution in [-0.4, -0.2) is 45.7 Å². The van der Waals surface area contributed by atoms with Crippen molar-refractivity contribution in [2.75, 3.05) is 13.2 Å². The average Bonchev–Trinajstić information content (AvgIpc) is 3.29. The number of amides is 2. The highest BCUT2D eigenvalue weighted by atomic mass is 16.5. The summed E-state index contributed by atoms with van der Waals surface area (Å²) >= 11 is 0. The zero-order chi connectivity index (χ0) is 18.5. The van der Waals surface area contributed by atoms with Gasteiger partial charge in [-0.05, 0) is 38.0 Å². The fraction of sp³-hybridized carbons (Fsp3) is 0.421. The van der Waals surface area contributed by atoms with E-state index in [1.807, 2.05) is 32.2 Å². The Hall–Kier alpha value is -2.83. The van der Waals surface area contributed by atoms with Crippen LogP contribution in [0, 0.1) is 0 Å². The smallest absolute Gasteiger partial charge is 0.258 e. The van der Waals surface area contributed by atoms with Crippen molar-refractivity contribution in [3.05, 3.63) is 47.8 Å². The lowest BCUT2D eigenvalue weighted by Gasteiger charge is -2.25. The van der Waals surface area contributed by atoms with Gasteiger partial charge in [-0.3, -0.25) is 14.3 Å². The predicted molar refractivity (Wildman–Crippen MR) is 96.7 cm³/mol. The van der Waals surface area contributed by atoms with Crippen LogP contribution < -0.4 is 10.1 Å². The Bertz CT molecular complexity index is 787. The molecule has 1 aliphatic rings. The molecule has 2 aromatic rings. The van der Waals surface area contributed by atoms with Crippen LogP contribution in [0.5, 0.6) is 5.75 Å². The fourth-order valence-corrected chi connectivity index (χ4v) is 3.23. The van der Waals surface area contributed by atoms with Gasteiger partial charge in [0.05, 0.1) is 24.4 Å². The van der Waals surface area contributed by atoms with Crippen molar-refractivity contribution in [3.8, 4) is 5.75 Å². The second-order valence-electron chi connectivity index (χ2n) is 6.25. The van der Waals surface area contributed by atoms with Gasteiger partial charge in [0.2, 0.25) is 5.91 Å². The van der Waals surface area contributed by atoms with Gasteiger partial charge in [0.1, 0.15) is 11.8 Å². The van der Waals surface area contributed by atoms with Crippen LogP contribution in [-0.2, 0) is 18.4 Å². The number of nitrogens with one attached hydrogen (secondary N) is 1. The number of carbonyl (C=O) groups is 2. The van der Waals surface area contributed by atoms with Gasteiger partial charge in [-0.2, -0.15) is 5.10 Å². The Morgan fingerprint density at radius 3 is 2.85 bits per heavy atom. The summed E-state index contributed by atoms with van der Waals surface area (Å²) < 4.78 is 7.28. The zero-order valence-corrected chi connectivity index (χ0v) is 15.1. The number of aryl methyl sites for hydroxylation is 1. The SMILES string of the molecule is CCOc1ccccc1C(=O)N1CCCC1C(=O)NCc1ccnn1C. The molecule has 7 nitrogen and oxygen atoms in total. The molecule has 0 bridgehead atoms. The third-order valence-electron chi connectivity index (χ3n) is 4.60. The van der Waals surface area contributed by atoms with E-state index in [1.54, 1.807) is 27.9 Å². The Balaban J connectivity index is 1.70. The maximum Gasteiger partial charge on any atom is 0.258 e. The molecule has 1 unspecified atom stereocenters. The highest BCUT2D eigenvalue weighted by molar-refractivity contribution is 6.00. The Labute approximate surface area is 152 Å². The quantitative estimate of drug-likeness (QED) is 0.855. The Kier molecular flexibility index (Phi) is 5.55. The first kappa shape index (κ1) is 18.0. The number of benzene rings is 1. The van der Waals surface area contributed by atoms with Gasteiger partial charge >= 0.3 is 0 Å². The lowest BCUT2D eigenvalue weighted by atomic mass is 10.1. The molecule has 1 aromatic carbocycles. The molecule has 0 spiro atoms. The molecule has 1 aliphatic heterocycles. The minimum absolute atomic E-state index is 0.133. The van der Waals surface area contributed by atoms with Gasteiger partial charge in [0.25, 0.3) is 5.91 Å². The number of carbonyl (C=O) groups excluding carboxylic acids is 2. The summed E-state index contributed by atoms with van der Waals surface area (Å²) in [5.74, 6) is 0.263. The van der Waals surface area contributed by atoms with Crippen molar-refractivity contribution in [2.24, 2.45) is 7.05 Å². The summed E-state index contributed by atoms with van der Waals surface area (Å²) in [6, 6.07) is 8.58. The first-order valence-corrected chi connectivity index (χ1v) is 8.89. The molecular formula is C19H24N4O3. The minimum atomic E-state index is -0.453. The molecule has 1 aromatic heterocycles. The lowest BCUT2D eigenvalue weighted by molar-refractivity contribution is -0.125. The number of ether oxygens (including phenoxy) is 1. The van der Waals surface area contributed by atoms with E-state index in [4.69, 9.17) is 4.74 Å². The molecule has 0 aliphatic carbocycles. The normalized spacial score (nSPS) is 16.5. The van der Waals surface area contributed by atoms with E-state index < -0.39 is 6.04 Å². The molecule has 0 saturated carbocycles. The Morgan fingerprint density at radius 1 is 1.31 bits per heavy atom. The van der Waals surface area contributed by atoms with Crippen molar-refractivity contribution in [1.29, 1.82) is 0 Å². The first-order chi connectivity index (χ1) is 12.6. The van der Waals surface area contributed by atoms with Crippen molar-refractivity contribution in [3.63, 3.8) is 0 Å². The van der Waals surface area contributed by atoms with Crippen molar-refractivity contribution >= 4 is 11.8 Å². The van der Waals surface area contributed by atoms with E-state index in [-0.39, 0.29) is 11.8 Å². The molecule has 3 rings (SSSR count). The number of hydrogen-bond donors (Lipinski definition) is 1. The summed E-state index contributed by atoms with van der Waals surface area (Å²) in [4.78, 5) is 27.3. The van der Waals surface area contributed by atoms with E-state index >= 15 is 0 Å². The molecule has 1 saturated heterocycles. The minimum Gasteiger partial charge on any atom is -0.493 e. The second-order valence-corrected chi connectivity index (χ2v) is 6.25. The van der Waals surface area contributed by atoms with Crippen molar-refractivity contribution in [1.82, 2.24) is 20.0 Å². The van der Waals surface area contributed by atoms with Crippen LogP contribution in [0.15, 0.2) is 36.5 Å². The molecule has 1 N–H and O–H groups in total. The molecular weight excluding hydrogens is 332 g/mol. The number of aromatic nitrogens is 2. The van der Waals surface area contributed by atoms with Crippen LogP contribution in [0.25, 0.3) is 0 Å². The van der Waals surface area contributed by atoms with E-state index in [1.165, 1.54) is 0 Å². The van der Waals surface area contributed by atoms with Gasteiger partial charge in [-0.1, -0.05) is 12.1 Å². The number of hydrogen-bond acceptors (Lipinski definition) is 4. The molecule has 2 heterocycles. The van der Waals surface area contributed by atoms with Gasteiger partial charge < -0.3 is 15.0 Å². The maximum absolute atomic E-state index is 13.0. The number of likely N-dealkylation sites (tertiary alicyclic amines) is 1. The first-order valence-electron chi connectivity index (χ1n) is 8.89. The Morgan fingerprint density at radius 2 is 2.12 bits per heavy atom. The van der Waals surface area contributed by atoms with E-state index in [0.29, 0.717) is 37.4 Å². The lowest BCUT2D eigenvalue weighted by Crippen LogP contribution is -2.46. The second kappa shape index (κ2) is 8.03. The number of nitrogens with zero attached hydrogens (tertiary/aromatic N) is 3. The third kappa shape index (κ3) is 3.71. The van der Waals surface area contributed by atoms with Crippen LogP contribution in [0.4, 0.5) is 0 Å². The van der Waals surface area contributed by atoms with E-state index in [9.17, 15) is 9.59 Å². The highest BCUT2D eigenvalue weighted by Crippen LogP contribution is 2.25. The fourth-order valence-electron chi connectivity index (χ4n) is 3.23. The maximum atomic E-state index is 13.0. The zero-order valence-electron chi connectivity index (χ0n) is 15.1. The van der Waals surface area contributed by atoms with Crippen LogP contribution in [0.1, 0.15) is 35.8 Å². The van der Waals surface area contributed by atoms with Gasteiger partial charge in [-0.15, -0.1) is 0 Å². The molecule has 1 atom stereocenters. The van der Waals surface area contributed by atoms with Gasteiger partial charge in [0, 0.05) is 19.8 Å². The summed E-state index contributed by atoms with van der Waals surface area (Å²) in [7, 11) is 1.83. The average molecular weight is 356 g/mol.